The molecule has 3 nitrogen and oxygen atoms in total. The number of rotatable bonds is 4. The third kappa shape index (κ3) is 4.60. The molecule has 1 amide bonds. The van der Waals surface area contributed by atoms with Crippen LogP contribution in [-0.4, -0.2) is 35.5 Å². The van der Waals surface area contributed by atoms with Crippen LogP contribution >= 0.6 is 0 Å². The van der Waals surface area contributed by atoms with E-state index < -0.39 is 0 Å². The highest BCUT2D eigenvalue weighted by Crippen LogP contribution is 2.21. The topological polar surface area (TPSA) is 32.3 Å². The average molecular weight is 254 g/mol. The molecular formula is C15H30N2O. The Bertz CT molecular complexity index is 284. The Hall–Kier alpha value is -0.570. The van der Waals surface area contributed by atoms with Gasteiger partial charge in [-0.1, -0.05) is 27.7 Å². The molecule has 1 rings (SSSR count). The second-order valence-corrected chi connectivity index (χ2v) is 7.17. The SMILES string of the molecule is CC(C)CC(=O)N1CC(C)(C)NCC1CC(C)C. The largest absolute Gasteiger partial charge is 0.337 e. The molecule has 1 heterocycles. The molecule has 1 saturated heterocycles. The summed E-state index contributed by atoms with van der Waals surface area (Å²) in [4.78, 5) is 14.5. The van der Waals surface area contributed by atoms with Gasteiger partial charge in [-0.15, -0.1) is 0 Å². The Balaban J connectivity index is 2.73. The maximum absolute atomic E-state index is 12.4. The molecule has 1 aliphatic heterocycles. The molecule has 0 aromatic rings. The number of hydrogen-bond acceptors (Lipinski definition) is 2. The number of nitrogens with zero attached hydrogens (tertiary/aromatic N) is 1. The Labute approximate surface area is 112 Å². The molecular weight excluding hydrogens is 224 g/mol. The summed E-state index contributed by atoms with van der Waals surface area (Å²) >= 11 is 0. The highest BCUT2D eigenvalue weighted by atomic mass is 16.2. The zero-order valence-electron chi connectivity index (χ0n) is 12.9. The number of carbonyl (C=O) groups is 1. The lowest BCUT2D eigenvalue weighted by Gasteiger charge is -2.45. The smallest absolute Gasteiger partial charge is 0.223 e. The third-order valence-electron chi connectivity index (χ3n) is 3.47. The van der Waals surface area contributed by atoms with Crippen molar-refractivity contribution in [2.75, 3.05) is 13.1 Å². The van der Waals surface area contributed by atoms with Crippen LogP contribution in [0.15, 0.2) is 0 Å². The van der Waals surface area contributed by atoms with Crippen LogP contribution in [0.5, 0.6) is 0 Å². The van der Waals surface area contributed by atoms with Crippen molar-refractivity contribution in [1.82, 2.24) is 10.2 Å². The van der Waals surface area contributed by atoms with Gasteiger partial charge in [-0.3, -0.25) is 4.79 Å². The highest BCUT2D eigenvalue weighted by molar-refractivity contribution is 5.77. The van der Waals surface area contributed by atoms with Gasteiger partial charge < -0.3 is 10.2 Å². The first kappa shape index (κ1) is 15.5. The van der Waals surface area contributed by atoms with Crippen molar-refractivity contribution in [3.63, 3.8) is 0 Å². The predicted octanol–water partition coefficient (Wildman–Crippen LogP) is 2.66. The van der Waals surface area contributed by atoms with Crippen LogP contribution in [0, 0.1) is 11.8 Å². The van der Waals surface area contributed by atoms with Crippen LogP contribution in [0.4, 0.5) is 0 Å². The summed E-state index contributed by atoms with van der Waals surface area (Å²) in [5.41, 5.74) is 0.0418. The zero-order valence-corrected chi connectivity index (χ0v) is 12.9. The molecule has 1 atom stereocenters. The Kier molecular flexibility index (Phi) is 5.20. The first-order valence-corrected chi connectivity index (χ1v) is 7.26. The van der Waals surface area contributed by atoms with Gasteiger partial charge in [0, 0.05) is 31.1 Å². The van der Waals surface area contributed by atoms with Gasteiger partial charge in [0.2, 0.25) is 5.91 Å². The van der Waals surface area contributed by atoms with E-state index in [-0.39, 0.29) is 5.54 Å². The third-order valence-corrected chi connectivity index (χ3v) is 3.47. The molecule has 1 unspecified atom stereocenters. The minimum atomic E-state index is 0.0418. The van der Waals surface area contributed by atoms with Crippen LogP contribution in [0.2, 0.25) is 0 Å². The van der Waals surface area contributed by atoms with Crippen LogP contribution in [0.25, 0.3) is 0 Å². The van der Waals surface area contributed by atoms with Gasteiger partial charge in [0.25, 0.3) is 0 Å². The molecule has 0 radical (unpaired) electrons. The van der Waals surface area contributed by atoms with Crippen LogP contribution in [0.3, 0.4) is 0 Å². The van der Waals surface area contributed by atoms with E-state index in [2.05, 4.69) is 51.8 Å². The molecule has 0 bridgehead atoms. The maximum Gasteiger partial charge on any atom is 0.223 e. The minimum absolute atomic E-state index is 0.0418. The standard InChI is InChI=1S/C15H30N2O/c1-11(2)7-13-9-16-15(5,6)10-17(13)14(18)8-12(3)4/h11-13,16H,7-10H2,1-6H3. The number of piperazine rings is 1. The fraction of sp³-hybridized carbons (Fsp3) is 0.933. The maximum atomic E-state index is 12.4. The van der Waals surface area contributed by atoms with E-state index in [1.54, 1.807) is 0 Å². The van der Waals surface area contributed by atoms with E-state index in [1.807, 2.05) is 0 Å². The molecule has 0 saturated carbocycles. The lowest BCUT2D eigenvalue weighted by Crippen LogP contribution is -2.63. The lowest BCUT2D eigenvalue weighted by molar-refractivity contribution is -0.137. The van der Waals surface area contributed by atoms with Crippen molar-refractivity contribution in [3.05, 3.63) is 0 Å². The minimum Gasteiger partial charge on any atom is -0.337 e. The molecule has 3 heteroatoms. The average Bonchev–Trinajstić information content (AvgIpc) is 2.18. The fourth-order valence-electron chi connectivity index (χ4n) is 2.63. The van der Waals surface area contributed by atoms with Gasteiger partial charge in [-0.25, -0.2) is 0 Å². The monoisotopic (exact) mass is 254 g/mol. The Morgan fingerprint density at radius 1 is 1.28 bits per heavy atom. The van der Waals surface area contributed by atoms with E-state index in [0.29, 0.717) is 30.2 Å². The van der Waals surface area contributed by atoms with Crippen molar-refractivity contribution in [3.8, 4) is 0 Å². The summed E-state index contributed by atoms with van der Waals surface area (Å²) in [6.45, 7) is 14.8. The van der Waals surface area contributed by atoms with E-state index in [9.17, 15) is 4.79 Å². The molecule has 1 fully saturated rings. The van der Waals surface area contributed by atoms with E-state index in [1.165, 1.54) is 0 Å². The van der Waals surface area contributed by atoms with E-state index >= 15 is 0 Å². The van der Waals surface area contributed by atoms with Crippen molar-refractivity contribution < 1.29 is 4.79 Å². The van der Waals surface area contributed by atoms with Gasteiger partial charge in [-0.2, -0.15) is 0 Å². The Morgan fingerprint density at radius 2 is 1.89 bits per heavy atom. The molecule has 0 spiro atoms. The number of hydrogen-bond donors (Lipinski definition) is 1. The van der Waals surface area contributed by atoms with Crippen LogP contribution < -0.4 is 5.32 Å². The van der Waals surface area contributed by atoms with Crippen molar-refractivity contribution in [1.29, 1.82) is 0 Å². The summed E-state index contributed by atoms with van der Waals surface area (Å²) < 4.78 is 0. The van der Waals surface area contributed by atoms with Gasteiger partial charge in [0.15, 0.2) is 0 Å². The van der Waals surface area contributed by atoms with Gasteiger partial charge >= 0.3 is 0 Å². The first-order valence-electron chi connectivity index (χ1n) is 7.26. The Morgan fingerprint density at radius 3 is 2.39 bits per heavy atom. The summed E-state index contributed by atoms with van der Waals surface area (Å²) in [7, 11) is 0. The van der Waals surface area contributed by atoms with Crippen LogP contribution in [-0.2, 0) is 4.79 Å². The molecule has 18 heavy (non-hydrogen) atoms. The normalized spacial score (nSPS) is 23.8. The summed E-state index contributed by atoms with van der Waals surface area (Å²) in [5, 5.41) is 3.56. The summed E-state index contributed by atoms with van der Waals surface area (Å²) in [6.07, 6.45) is 1.76. The van der Waals surface area contributed by atoms with Gasteiger partial charge in [-0.05, 0) is 32.1 Å². The predicted molar refractivity (Wildman–Crippen MR) is 76.5 cm³/mol. The second kappa shape index (κ2) is 6.05. The molecule has 0 aromatic carbocycles. The zero-order chi connectivity index (χ0) is 13.9. The van der Waals surface area contributed by atoms with Crippen molar-refractivity contribution in [2.24, 2.45) is 11.8 Å². The molecule has 1 N–H and O–H groups in total. The van der Waals surface area contributed by atoms with Crippen molar-refractivity contribution >= 4 is 5.91 Å². The first-order chi connectivity index (χ1) is 8.21. The highest BCUT2D eigenvalue weighted by Gasteiger charge is 2.35. The molecule has 1 aliphatic rings. The summed E-state index contributed by atoms with van der Waals surface area (Å²) in [5.74, 6) is 1.40. The van der Waals surface area contributed by atoms with E-state index in [0.717, 1.165) is 19.5 Å². The number of amides is 1. The number of carbonyl (C=O) groups excluding carboxylic acids is 1. The number of nitrogens with one attached hydrogen (secondary N) is 1. The van der Waals surface area contributed by atoms with Crippen LogP contribution in [0.1, 0.15) is 54.4 Å². The van der Waals surface area contributed by atoms with Crippen molar-refractivity contribution in [2.45, 2.75) is 66.0 Å². The lowest BCUT2D eigenvalue weighted by atomic mass is 9.93. The quantitative estimate of drug-likeness (QED) is 0.836. The molecule has 106 valence electrons. The van der Waals surface area contributed by atoms with Gasteiger partial charge in [0.05, 0.1) is 0 Å². The van der Waals surface area contributed by atoms with Gasteiger partial charge in [0.1, 0.15) is 0 Å². The second-order valence-electron chi connectivity index (χ2n) is 7.17. The summed E-state index contributed by atoms with van der Waals surface area (Å²) in [6, 6.07) is 0.365. The molecule has 0 aliphatic carbocycles. The fourth-order valence-corrected chi connectivity index (χ4v) is 2.63. The van der Waals surface area contributed by atoms with E-state index in [4.69, 9.17) is 0 Å². The molecule has 0 aromatic heterocycles.